The molecule has 0 unspecified atom stereocenters. The molecule has 0 bridgehead atoms. The van der Waals surface area contributed by atoms with E-state index in [1.807, 2.05) is 0 Å². The number of benzene rings is 2. The van der Waals surface area contributed by atoms with Crippen LogP contribution >= 0.6 is 0 Å². The highest BCUT2D eigenvalue weighted by Gasteiger charge is 2.33. The number of hydrogen-bond donors (Lipinski definition) is 1. The first-order valence-electron chi connectivity index (χ1n) is 11.6. The minimum atomic E-state index is -3.90. The van der Waals surface area contributed by atoms with Crippen LogP contribution in [0.4, 0.5) is 10.1 Å². The minimum absolute atomic E-state index is 0.00899. The quantitative estimate of drug-likeness (QED) is 0.544. The van der Waals surface area contributed by atoms with Gasteiger partial charge in [-0.25, -0.2) is 12.8 Å². The molecule has 1 N–H and O–H groups in total. The molecule has 1 aliphatic rings. The fourth-order valence-corrected chi connectivity index (χ4v) is 4.68. The van der Waals surface area contributed by atoms with Gasteiger partial charge < -0.3 is 19.7 Å². The summed E-state index contributed by atoms with van der Waals surface area (Å²) in [5.74, 6) is -1.08. The number of amides is 2. The van der Waals surface area contributed by atoms with Gasteiger partial charge in [-0.15, -0.1) is 0 Å². The molecule has 0 aliphatic carbocycles. The number of ether oxygens (including phenoxy) is 2. The average molecular weight is 522 g/mol. The molecule has 36 heavy (non-hydrogen) atoms. The molecule has 196 valence electrons. The predicted molar refractivity (Wildman–Crippen MR) is 134 cm³/mol. The van der Waals surface area contributed by atoms with Crippen LogP contribution in [0.3, 0.4) is 0 Å². The van der Waals surface area contributed by atoms with Gasteiger partial charge in [0.05, 0.1) is 11.4 Å². The number of anilines is 1. The van der Waals surface area contributed by atoms with Crippen molar-refractivity contribution in [2.45, 2.75) is 52.7 Å². The van der Waals surface area contributed by atoms with Crippen LogP contribution in [0.25, 0.3) is 0 Å². The van der Waals surface area contributed by atoms with Crippen LogP contribution in [0.1, 0.15) is 40.2 Å². The summed E-state index contributed by atoms with van der Waals surface area (Å²) >= 11 is 0. The Balaban J connectivity index is 1.96. The molecule has 1 aliphatic heterocycles. The number of nitrogens with zero attached hydrogens (tertiary/aromatic N) is 2. The van der Waals surface area contributed by atoms with Crippen molar-refractivity contribution >= 4 is 27.5 Å². The Hall–Kier alpha value is -3.34. The Labute approximate surface area is 211 Å². The SMILES string of the molecule is CCS(=O)(=O)N(CC(=O)N(Cc1ccccc1F)[C@@H](C)C(=O)NC(C)(C)C)c1ccc2c(c1)OCO2. The summed E-state index contributed by atoms with van der Waals surface area (Å²) in [5.41, 5.74) is -0.149. The third kappa shape index (κ3) is 6.45. The molecule has 2 aromatic rings. The Kier molecular flexibility index (Phi) is 8.12. The molecule has 2 aromatic carbocycles. The molecular formula is C25H32FN3O6S. The van der Waals surface area contributed by atoms with Crippen LogP contribution in [0.5, 0.6) is 11.5 Å². The molecule has 0 saturated carbocycles. The Morgan fingerprint density at radius 1 is 1.11 bits per heavy atom. The minimum Gasteiger partial charge on any atom is -0.454 e. The summed E-state index contributed by atoms with van der Waals surface area (Å²) in [4.78, 5) is 27.8. The maximum atomic E-state index is 14.5. The lowest BCUT2D eigenvalue weighted by molar-refractivity contribution is -0.140. The lowest BCUT2D eigenvalue weighted by Gasteiger charge is -2.33. The van der Waals surface area contributed by atoms with Gasteiger partial charge in [0.1, 0.15) is 18.4 Å². The second kappa shape index (κ2) is 10.7. The summed E-state index contributed by atoms with van der Waals surface area (Å²) in [5, 5.41) is 2.82. The zero-order valence-corrected chi connectivity index (χ0v) is 21.9. The van der Waals surface area contributed by atoms with Crippen LogP contribution in [0.2, 0.25) is 0 Å². The van der Waals surface area contributed by atoms with E-state index in [1.54, 1.807) is 32.9 Å². The molecule has 2 amide bonds. The summed E-state index contributed by atoms with van der Waals surface area (Å²) in [6.45, 7) is 7.61. The first kappa shape index (κ1) is 27.3. The summed E-state index contributed by atoms with van der Waals surface area (Å²) in [6, 6.07) is 9.50. The molecule has 0 radical (unpaired) electrons. The summed E-state index contributed by atoms with van der Waals surface area (Å²) < 4.78 is 52.1. The number of sulfonamides is 1. The van der Waals surface area contributed by atoms with Crippen LogP contribution in [-0.2, 0) is 26.2 Å². The molecular weight excluding hydrogens is 489 g/mol. The molecule has 1 heterocycles. The van der Waals surface area contributed by atoms with E-state index in [0.717, 1.165) is 4.31 Å². The fourth-order valence-electron chi connectivity index (χ4n) is 3.63. The number of nitrogens with one attached hydrogen (secondary N) is 1. The van der Waals surface area contributed by atoms with E-state index in [1.165, 1.54) is 49.1 Å². The van der Waals surface area contributed by atoms with Crippen molar-refractivity contribution in [1.29, 1.82) is 0 Å². The first-order chi connectivity index (χ1) is 16.8. The van der Waals surface area contributed by atoms with Gasteiger partial charge in [-0.3, -0.25) is 13.9 Å². The van der Waals surface area contributed by atoms with Gasteiger partial charge in [-0.2, -0.15) is 0 Å². The molecule has 11 heteroatoms. The topological polar surface area (TPSA) is 105 Å². The van der Waals surface area contributed by atoms with Gasteiger partial charge in [0, 0.05) is 23.7 Å². The highest BCUT2D eigenvalue weighted by atomic mass is 32.2. The van der Waals surface area contributed by atoms with Crippen molar-refractivity contribution in [3.8, 4) is 11.5 Å². The molecule has 0 aromatic heterocycles. The summed E-state index contributed by atoms with van der Waals surface area (Å²) in [7, 11) is -3.90. The Bertz CT molecular complexity index is 1230. The van der Waals surface area contributed by atoms with Gasteiger partial charge in [-0.1, -0.05) is 18.2 Å². The number of carbonyl (C=O) groups is 2. The highest BCUT2D eigenvalue weighted by Crippen LogP contribution is 2.36. The lowest BCUT2D eigenvalue weighted by atomic mass is 10.1. The van der Waals surface area contributed by atoms with E-state index in [0.29, 0.717) is 11.5 Å². The van der Waals surface area contributed by atoms with Gasteiger partial charge in [0.25, 0.3) is 0 Å². The second-order valence-corrected chi connectivity index (χ2v) is 11.7. The van der Waals surface area contributed by atoms with Gasteiger partial charge in [0.15, 0.2) is 11.5 Å². The van der Waals surface area contributed by atoms with E-state index in [-0.39, 0.29) is 30.3 Å². The molecule has 1 atom stereocenters. The van der Waals surface area contributed by atoms with E-state index in [4.69, 9.17) is 9.47 Å². The monoisotopic (exact) mass is 521 g/mol. The zero-order chi connectivity index (χ0) is 26.7. The molecule has 3 rings (SSSR count). The van der Waals surface area contributed by atoms with Crippen molar-refractivity contribution in [3.63, 3.8) is 0 Å². The van der Waals surface area contributed by atoms with Crippen molar-refractivity contribution in [3.05, 3.63) is 53.8 Å². The smallest absolute Gasteiger partial charge is 0.244 e. The van der Waals surface area contributed by atoms with Crippen LogP contribution in [0.15, 0.2) is 42.5 Å². The van der Waals surface area contributed by atoms with Crippen LogP contribution in [-0.4, -0.2) is 55.8 Å². The molecule has 0 spiro atoms. The second-order valence-electron chi connectivity index (χ2n) is 9.47. The molecule has 0 saturated heterocycles. The summed E-state index contributed by atoms with van der Waals surface area (Å²) in [6.07, 6.45) is 0. The van der Waals surface area contributed by atoms with Crippen LogP contribution in [0, 0.1) is 5.82 Å². The van der Waals surface area contributed by atoms with Crippen molar-refractivity contribution < 1.29 is 31.9 Å². The largest absolute Gasteiger partial charge is 0.454 e. The third-order valence-corrected chi connectivity index (χ3v) is 7.33. The highest BCUT2D eigenvalue weighted by molar-refractivity contribution is 7.92. The fraction of sp³-hybridized carbons (Fsp3) is 0.440. The number of halogens is 1. The van der Waals surface area contributed by atoms with Gasteiger partial charge in [-0.05, 0) is 52.8 Å². The van der Waals surface area contributed by atoms with E-state index in [9.17, 15) is 22.4 Å². The Morgan fingerprint density at radius 2 is 1.78 bits per heavy atom. The molecule has 0 fully saturated rings. The van der Waals surface area contributed by atoms with Crippen molar-refractivity contribution in [1.82, 2.24) is 10.2 Å². The average Bonchev–Trinajstić information content (AvgIpc) is 3.28. The van der Waals surface area contributed by atoms with Crippen LogP contribution < -0.4 is 19.1 Å². The maximum Gasteiger partial charge on any atom is 0.244 e. The molecule has 9 nitrogen and oxygen atoms in total. The number of rotatable bonds is 9. The lowest BCUT2D eigenvalue weighted by Crippen LogP contribution is -2.54. The van der Waals surface area contributed by atoms with E-state index < -0.39 is 45.8 Å². The predicted octanol–water partition coefficient (Wildman–Crippen LogP) is 3.04. The standard InChI is InChI=1S/C25H32FN3O6S/c1-6-36(32,33)29(19-11-12-21-22(13-19)35-16-34-21)15-23(30)28(14-18-9-7-8-10-20(18)26)17(2)24(31)27-25(3,4)5/h7-13,17H,6,14-16H2,1-5H3,(H,27,31)/t17-/m0/s1. The number of carbonyl (C=O) groups excluding carboxylic acids is 2. The van der Waals surface area contributed by atoms with E-state index >= 15 is 0 Å². The van der Waals surface area contributed by atoms with Crippen molar-refractivity contribution in [2.24, 2.45) is 0 Å². The zero-order valence-electron chi connectivity index (χ0n) is 21.1. The van der Waals surface area contributed by atoms with Gasteiger partial charge in [0.2, 0.25) is 28.6 Å². The van der Waals surface area contributed by atoms with Gasteiger partial charge >= 0.3 is 0 Å². The normalized spacial score (nSPS) is 13.7. The first-order valence-corrected chi connectivity index (χ1v) is 13.2. The number of hydrogen-bond acceptors (Lipinski definition) is 6. The Morgan fingerprint density at radius 3 is 2.42 bits per heavy atom. The number of fused-ring (bicyclic) bond motifs is 1. The maximum absolute atomic E-state index is 14.5. The van der Waals surface area contributed by atoms with Crippen molar-refractivity contribution in [2.75, 3.05) is 23.4 Å². The van der Waals surface area contributed by atoms with E-state index in [2.05, 4.69) is 5.32 Å². The third-order valence-electron chi connectivity index (χ3n) is 5.59.